The van der Waals surface area contributed by atoms with Crippen molar-refractivity contribution in [3.8, 4) is 11.5 Å². The minimum atomic E-state index is -0.439. The van der Waals surface area contributed by atoms with Crippen LogP contribution in [0.2, 0.25) is 0 Å². The molecule has 0 saturated heterocycles. The molecule has 4 heteroatoms. The molecule has 0 bridgehead atoms. The molecule has 2 aromatic carbocycles. The van der Waals surface area contributed by atoms with Crippen LogP contribution < -0.4 is 9.47 Å². The van der Waals surface area contributed by atoms with E-state index in [1.165, 1.54) is 0 Å². The average molecular weight is 320 g/mol. The van der Waals surface area contributed by atoms with Gasteiger partial charge in [-0.15, -0.1) is 0 Å². The highest BCUT2D eigenvalue weighted by Gasteiger charge is 2.64. The summed E-state index contributed by atoms with van der Waals surface area (Å²) in [4.78, 5) is 24.9. The van der Waals surface area contributed by atoms with Gasteiger partial charge in [0.2, 0.25) is 0 Å². The average Bonchev–Trinajstić information content (AvgIpc) is 2.50. The molecule has 0 aromatic heterocycles. The van der Waals surface area contributed by atoms with Gasteiger partial charge in [0.25, 0.3) is 0 Å². The summed E-state index contributed by atoms with van der Waals surface area (Å²) in [5.74, 6) is -0.289. The van der Waals surface area contributed by atoms with E-state index in [0.717, 1.165) is 22.3 Å². The molecule has 0 N–H and O–H groups in total. The van der Waals surface area contributed by atoms with Gasteiger partial charge in [0.15, 0.2) is 0 Å². The van der Waals surface area contributed by atoms with Crippen molar-refractivity contribution in [3.05, 3.63) is 58.7 Å². The Morgan fingerprint density at radius 1 is 0.667 bits per heavy atom. The predicted octanol–water partition coefficient (Wildman–Crippen LogP) is 3.25. The molecule has 0 radical (unpaired) electrons. The molecule has 4 atom stereocenters. The van der Waals surface area contributed by atoms with E-state index in [9.17, 15) is 9.59 Å². The van der Waals surface area contributed by atoms with Crippen molar-refractivity contribution >= 4 is 11.9 Å². The van der Waals surface area contributed by atoms with Crippen LogP contribution in [0.15, 0.2) is 36.4 Å². The summed E-state index contributed by atoms with van der Waals surface area (Å²) in [5.41, 5.74) is 4.31. The predicted molar refractivity (Wildman–Crippen MR) is 86.1 cm³/mol. The van der Waals surface area contributed by atoms with Gasteiger partial charge in [0.05, 0.1) is 11.8 Å². The molecule has 0 unspecified atom stereocenters. The van der Waals surface area contributed by atoms with Crippen LogP contribution in [0.3, 0.4) is 0 Å². The van der Waals surface area contributed by atoms with Gasteiger partial charge in [-0.3, -0.25) is 9.59 Å². The maximum Gasteiger partial charge on any atom is 0.315 e. The number of fused-ring (bicyclic) bond motifs is 8. The number of aryl methyl sites for hydroxylation is 2. The lowest BCUT2D eigenvalue weighted by Gasteiger charge is -2.53. The number of hydrogen-bond donors (Lipinski definition) is 0. The van der Waals surface area contributed by atoms with Crippen LogP contribution in [0.1, 0.15) is 34.1 Å². The number of benzene rings is 2. The molecule has 120 valence electrons. The molecule has 4 nitrogen and oxygen atoms in total. The fourth-order valence-electron chi connectivity index (χ4n) is 4.50. The van der Waals surface area contributed by atoms with E-state index in [2.05, 4.69) is 12.1 Å². The quantitative estimate of drug-likeness (QED) is 0.552. The van der Waals surface area contributed by atoms with E-state index < -0.39 is 11.8 Å². The highest BCUT2D eigenvalue weighted by atomic mass is 16.5. The zero-order valence-corrected chi connectivity index (χ0v) is 13.4. The van der Waals surface area contributed by atoms with E-state index in [4.69, 9.17) is 9.47 Å². The SMILES string of the molecule is Cc1ccc2c(c1)[C@@H]1[C@H](C(=O)O2)[C@@H]2C(=O)Oc3ccc(C)cc3[C@@H]21. The highest BCUT2D eigenvalue weighted by Crippen LogP contribution is 2.64. The van der Waals surface area contributed by atoms with Crippen LogP contribution in [-0.4, -0.2) is 11.9 Å². The van der Waals surface area contributed by atoms with E-state index in [-0.39, 0.29) is 23.8 Å². The monoisotopic (exact) mass is 320 g/mol. The van der Waals surface area contributed by atoms with Crippen LogP contribution in [0.5, 0.6) is 11.5 Å². The summed E-state index contributed by atoms with van der Waals surface area (Å²) >= 11 is 0. The van der Waals surface area contributed by atoms with Gasteiger partial charge in [-0.1, -0.05) is 35.4 Å². The van der Waals surface area contributed by atoms with Crippen molar-refractivity contribution in [2.45, 2.75) is 25.7 Å². The number of carbonyl (C=O) groups excluding carboxylic acids is 2. The van der Waals surface area contributed by atoms with Gasteiger partial charge in [0, 0.05) is 11.8 Å². The molecule has 2 aliphatic heterocycles. The number of esters is 2. The summed E-state index contributed by atoms with van der Waals surface area (Å²) in [7, 11) is 0. The van der Waals surface area contributed by atoms with Gasteiger partial charge < -0.3 is 9.47 Å². The van der Waals surface area contributed by atoms with Gasteiger partial charge in [-0.25, -0.2) is 0 Å². The van der Waals surface area contributed by atoms with Crippen LogP contribution in [-0.2, 0) is 9.59 Å². The minimum absolute atomic E-state index is 0.0143. The standard InChI is InChI=1S/C20H16O4/c1-9-3-5-13-11(7-9)15-16-12-8-10(2)4-6-14(12)24-20(22)18(16)17(15)19(21)23-13/h3-8,15-18H,1-2H3/t15-,16+,17-,18+. The van der Waals surface area contributed by atoms with Crippen molar-refractivity contribution in [1.82, 2.24) is 0 Å². The van der Waals surface area contributed by atoms with Gasteiger partial charge in [0.1, 0.15) is 11.5 Å². The zero-order chi connectivity index (χ0) is 16.6. The Labute approximate surface area is 139 Å². The van der Waals surface area contributed by atoms with Crippen molar-refractivity contribution in [1.29, 1.82) is 0 Å². The fourth-order valence-corrected chi connectivity index (χ4v) is 4.50. The summed E-state index contributed by atoms with van der Waals surface area (Å²) in [6.45, 7) is 4.05. The number of ether oxygens (including phenoxy) is 2. The molecule has 0 spiro atoms. The van der Waals surface area contributed by atoms with E-state index in [1.54, 1.807) is 0 Å². The van der Waals surface area contributed by atoms with Crippen LogP contribution in [0.4, 0.5) is 0 Å². The molecule has 24 heavy (non-hydrogen) atoms. The van der Waals surface area contributed by atoms with E-state index in [1.807, 2.05) is 38.1 Å². The Morgan fingerprint density at radius 3 is 1.50 bits per heavy atom. The number of carbonyl (C=O) groups is 2. The molecular formula is C20H16O4. The van der Waals surface area contributed by atoms with Crippen molar-refractivity contribution in [3.63, 3.8) is 0 Å². The fraction of sp³-hybridized carbons (Fsp3) is 0.300. The second-order valence-corrected chi connectivity index (χ2v) is 7.03. The Kier molecular flexibility index (Phi) is 2.57. The largest absolute Gasteiger partial charge is 0.426 e. The number of hydrogen-bond acceptors (Lipinski definition) is 4. The molecule has 2 aromatic rings. The molecule has 0 amide bonds. The minimum Gasteiger partial charge on any atom is -0.426 e. The summed E-state index contributed by atoms with van der Waals surface area (Å²) < 4.78 is 11.0. The zero-order valence-electron chi connectivity index (χ0n) is 13.4. The first kappa shape index (κ1) is 13.8. The second-order valence-electron chi connectivity index (χ2n) is 7.03. The van der Waals surface area contributed by atoms with Crippen molar-refractivity contribution in [2.75, 3.05) is 0 Å². The van der Waals surface area contributed by atoms with Crippen molar-refractivity contribution in [2.24, 2.45) is 11.8 Å². The highest BCUT2D eigenvalue weighted by molar-refractivity contribution is 5.92. The lowest BCUT2D eigenvalue weighted by Crippen LogP contribution is -2.57. The number of rotatable bonds is 0. The Bertz CT molecular complexity index is 838. The van der Waals surface area contributed by atoms with Gasteiger partial charge >= 0.3 is 11.9 Å². The van der Waals surface area contributed by atoms with E-state index in [0.29, 0.717) is 11.5 Å². The first-order valence-electron chi connectivity index (χ1n) is 8.19. The molecule has 1 aliphatic carbocycles. The van der Waals surface area contributed by atoms with Crippen LogP contribution in [0.25, 0.3) is 0 Å². The molecule has 3 aliphatic rings. The van der Waals surface area contributed by atoms with Gasteiger partial charge in [-0.05, 0) is 37.1 Å². The smallest absolute Gasteiger partial charge is 0.315 e. The third-order valence-electron chi connectivity index (χ3n) is 5.56. The van der Waals surface area contributed by atoms with Crippen LogP contribution in [0, 0.1) is 25.7 Å². The lowest BCUT2D eigenvalue weighted by molar-refractivity contribution is -0.165. The second kappa shape index (κ2) is 4.47. The Morgan fingerprint density at radius 2 is 1.08 bits per heavy atom. The van der Waals surface area contributed by atoms with Gasteiger partial charge in [-0.2, -0.15) is 0 Å². The van der Waals surface area contributed by atoms with Crippen LogP contribution >= 0.6 is 0 Å². The molecule has 1 saturated carbocycles. The van der Waals surface area contributed by atoms with E-state index >= 15 is 0 Å². The molecular weight excluding hydrogens is 304 g/mol. The summed E-state index contributed by atoms with van der Waals surface area (Å²) in [5, 5.41) is 0. The maximum atomic E-state index is 12.5. The topological polar surface area (TPSA) is 52.6 Å². The first-order chi connectivity index (χ1) is 11.5. The Balaban J connectivity index is 1.71. The Hall–Kier alpha value is -2.62. The third kappa shape index (κ3) is 1.63. The summed E-state index contributed by atoms with van der Waals surface area (Å²) in [6.07, 6.45) is 0. The molecule has 5 rings (SSSR count). The molecule has 2 heterocycles. The lowest BCUT2D eigenvalue weighted by atomic mass is 9.51. The first-order valence-corrected chi connectivity index (χ1v) is 8.19. The summed E-state index contributed by atoms with van der Waals surface area (Å²) in [6, 6.07) is 11.7. The third-order valence-corrected chi connectivity index (χ3v) is 5.56. The molecule has 1 fully saturated rings. The maximum absolute atomic E-state index is 12.5. The normalized spacial score (nSPS) is 29.2. The van der Waals surface area contributed by atoms with Crippen molar-refractivity contribution < 1.29 is 19.1 Å².